The van der Waals surface area contributed by atoms with Gasteiger partial charge in [-0.1, -0.05) is 37.7 Å². The highest BCUT2D eigenvalue weighted by atomic mass is 16.5. The summed E-state index contributed by atoms with van der Waals surface area (Å²) in [5.74, 6) is 0.831. The topological polar surface area (TPSA) is 41.8 Å². The minimum absolute atomic E-state index is 0.0844. The standard InChI is InChI=1S/C17H21NO2/c1-12(13-5-7-16(20-4)8-6-13)14-9-15(18-19)11-17(2,3)10-14/h5-9,19H,1,10-11H2,2-4H3/b18-15-. The first-order chi connectivity index (χ1) is 9.45. The largest absolute Gasteiger partial charge is 0.497 e. The van der Waals surface area contributed by atoms with Gasteiger partial charge in [0.2, 0.25) is 0 Å². The van der Waals surface area contributed by atoms with Crippen molar-refractivity contribution in [2.24, 2.45) is 10.6 Å². The van der Waals surface area contributed by atoms with Crippen molar-refractivity contribution in [3.8, 4) is 5.75 Å². The van der Waals surface area contributed by atoms with E-state index >= 15 is 0 Å². The first kappa shape index (κ1) is 14.4. The van der Waals surface area contributed by atoms with E-state index in [2.05, 4.69) is 25.6 Å². The number of hydrogen-bond donors (Lipinski definition) is 1. The molecule has 0 aromatic heterocycles. The van der Waals surface area contributed by atoms with Crippen LogP contribution in [0.25, 0.3) is 5.57 Å². The Hall–Kier alpha value is -2.03. The molecule has 1 aromatic carbocycles. The molecule has 20 heavy (non-hydrogen) atoms. The summed E-state index contributed by atoms with van der Waals surface area (Å²) >= 11 is 0. The average molecular weight is 271 g/mol. The van der Waals surface area contributed by atoms with E-state index in [0.29, 0.717) is 5.71 Å². The Bertz CT molecular complexity index is 565. The average Bonchev–Trinajstić information content (AvgIpc) is 2.44. The zero-order valence-corrected chi connectivity index (χ0v) is 12.3. The number of benzene rings is 1. The van der Waals surface area contributed by atoms with Crippen LogP contribution in [0.15, 0.2) is 47.6 Å². The number of allylic oxidation sites excluding steroid dienone is 3. The van der Waals surface area contributed by atoms with Gasteiger partial charge >= 0.3 is 0 Å². The van der Waals surface area contributed by atoms with Gasteiger partial charge in [-0.15, -0.1) is 0 Å². The number of oxime groups is 1. The quantitative estimate of drug-likeness (QED) is 0.658. The van der Waals surface area contributed by atoms with E-state index in [1.165, 1.54) is 0 Å². The Morgan fingerprint density at radius 1 is 1.25 bits per heavy atom. The molecule has 0 saturated heterocycles. The molecular formula is C17H21NO2. The molecule has 0 heterocycles. The fraction of sp³-hybridized carbons (Fsp3) is 0.353. The Kier molecular flexibility index (Phi) is 3.98. The van der Waals surface area contributed by atoms with Crippen molar-refractivity contribution >= 4 is 11.3 Å². The van der Waals surface area contributed by atoms with Gasteiger partial charge in [0, 0.05) is 0 Å². The van der Waals surface area contributed by atoms with Crippen molar-refractivity contribution in [1.29, 1.82) is 0 Å². The monoisotopic (exact) mass is 271 g/mol. The molecule has 0 bridgehead atoms. The van der Waals surface area contributed by atoms with Crippen molar-refractivity contribution in [1.82, 2.24) is 0 Å². The molecule has 1 N–H and O–H groups in total. The second-order valence-corrected chi connectivity index (χ2v) is 5.99. The van der Waals surface area contributed by atoms with Crippen LogP contribution in [-0.2, 0) is 0 Å². The van der Waals surface area contributed by atoms with Gasteiger partial charge < -0.3 is 9.94 Å². The van der Waals surface area contributed by atoms with Crippen LogP contribution in [0.4, 0.5) is 0 Å². The Labute approximate surface area is 120 Å². The predicted octanol–water partition coefficient (Wildman–Crippen LogP) is 4.29. The fourth-order valence-corrected chi connectivity index (χ4v) is 2.61. The number of hydrogen-bond acceptors (Lipinski definition) is 3. The second-order valence-electron chi connectivity index (χ2n) is 5.99. The third-order valence-corrected chi connectivity index (χ3v) is 3.62. The minimum Gasteiger partial charge on any atom is -0.497 e. The molecule has 0 spiro atoms. The van der Waals surface area contributed by atoms with Crippen LogP contribution in [-0.4, -0.2) is 18.0 Å². The zero-order chi connectivity index (χ0) is 14.8. The molecule has 0 unspecified atom stereocenters. The maximum absolute atomic E-state index is 9.06. The van der Waals surface area contributed by atoms with Crippen LogP contribution in [0, 0.1) is 5.41 Å². The van der Waals surface area contributed by atoms with Gasteiger partial charge in [0.1, 0.15) is 5.75 Å². The van der Waals surface area contributed by atoms with E-state index in [1.807, 2.05) is 30.3 Å². The smallest absolute Gasteiger partial charge is 0.118 e. The molecule has 0 fully saturated rings. The number of ether oxygens (including phenoxy) is 1. The van der Waals surface area contributed by atoms with E-state index in [-0.39, 0.29) is 5.41 Å². The first-order valence-corrected chi connectivity index (χ1v) is 6.70. The SMILES string of the molecule is C=C(C1=C/C(=N/O)CC(C)(C)C1)c1ccc(OC)cc1. The van der Waals surface area contributed by atoms with Gasteiger partial charge in [-0.25, -0.2) is 0 Å². The maximum atomic E-state index is 9.06. The summed E-state index contributed by atoms with van der Waals surface area (Å²) < 4.78 is 5.17. The molecule has 0 radical (unpaired) electrons. The molecule has 1 aliphatic rings. The van der Waals surface area contributed by atoms with Crippen LogP contribution >= 0.6 is 0 Å². The van der Waals surface area contributed by atoms with Crippen LogP contribution < -0.4 is 4.74 Å². The molecule has 3 heteroatoms. The third-order valence-electron chi connectivity index (χ3n) is 3.62. The summed E-state index contributed by atoms with van der Waals surface area (Å²) in [7, 11) is 1.65. The molecule has 0 aliphatic heterocycles. The summed E-state index contributed by atoms with van der Waals surface area (Å²) in [5, 5.41) is 12.4. The zero-order valence-electron chi connectivity index (χ0n) is 12.3. The summed E-state index contributed by atoms with van der Waals surface area (Å²) in [5.41, 5.74) is 3.96. The molecule has 2 rings (SSSR count). The Morgan fingerprint density at radius 3 is 2.45 bits per heavy atom. The highest BCUT2D eigenvalue weighted by molar-refractivity contribution is 6.00. The maximum Gasteiger partial charge on any atom is 0.118 e. The summed E-state index contributed by atoms with van der Waals surface area (Å²) in [6, 6.07) is 7.85. The lowest BCUT2D eigenvalue weighted by molar-refractivity contribution is 0.308. The van der Waals surface area contributed by atoms with Crippen LogP contribution in [0.3, 0.4) is 0 Å². The van der Waals surface area contributed by atoms with Crippen molar-refractivity contribution in [2.45, 2.75) is 26.7 Å². The van der Waals surface area contributed by atoms with Crippen molar-refractivity contribution in [3.63, 3.8) is 0 Å². The molecule has 0 saturated carbocycles. The number of methoxy groups -OCH3 is 1. The van der Waals surface area contributed by atoms with E-state index in [1.54, 1.807) is 7.11 Å². The first-order valence-electron chi connectivity index (χ1n) is 6.70. The molecule has 0 atom stereocenters. The van der Waals surface area contributed by atoms with Gasteiger partial charge in [-0.2, -0.15) is 0 Å². The fourth-order valence-electron chi connectivity index (χ4n) is 2.61. The lowest BCUT2D eigenvalue weighted by Crippen LogP contribution is -2.22. The molecule has 0 amide bonds. The molecule has 3 nitrogen and oxygen atoms in total. The Morgan fingerprint density at radius 2 is 1.90 bits per heavy atom. The molecule has 1 aromatic rings. The van der Waals surface area contributed by atoms with E-state index < -0.39 is 0 Å². The third kappa shape index (κ3) is 3.10. The van der Waals surface area contributed by atoms with Crippen molar-refractivity contribution < 1.29 is 9.94 Å². The normalized spacial score (nSPS) is 19.6. The predicted molar refractivity (Wildman–Crippen MR) is 82.3 cm³/mol. The van der Waals surface area contributed by atoms with Gasteiger partial charge in [0.15, 0.2) is 0 Å². The van der Waals surface area contributed by atoms with E-state index in [4.69, 9.17) is 9.94 Å². The number of rotatable bonds is 3. The van der Waals surface area contributed by atoms with E-state index in [0.717, 1.165) is 35.3 Å². The summed E-state index contributed by atoms with van der Waals surface area (Å²) in [6.07, 6.45) is 3.65. The molecule has 106 valence electrons. The molecule has 1 aliphatic carbocycles. The van der Waals surface area contributed by atoms with Gasteiger partial charge in [0.05, 0.1) is 12.8 Å². The van der Waals surface area contributed by atoms with Gasteiger partial charge in [-0.05, 0) is 53.2 Å². The summed E-state index contributed by atoms with van der Waals surface area (Å²) in [6.45, 7) is 8.54. The lowest BCUT2D eigenvalue weighted by Gasteiger charge is -2.31. The summed E-state index contributed by atoms with van der Waals surface area (Å²) in [4.78, 5) is 0. The number of nitrogens with zero attached hydrogens (tertiary/aromatic N) is 1. The van der Waals surface area contributed by atoms with Crippen LogP contribution in [0.2, 0.25) is 0 Å². The lowest BCUT2D eigenvalue weighted by atomic mass is 9.74. The Balaban J connectivity index is 2.29. The van der Waals surface area contributed by atoms with Gasteiger partial charge in [-0.3, -0.25) is 0 Å². The van der Waals surface area contributed by atoms with Crippen molar-refractivity contribution in [3.05, 3.63) is 48.1 Å². The second kappa shape index (κ2) is 5.53. The highest BCUT2D eigenvalue weighted by Crippen LogP contribution is 2.39. The van der Waals surface area contributed by atoms with Crippen molar-refractivity contribution in [2.75, 3.05) is 7.11 Å². The van der Waals surface area contributed by atoms with Crippen LogP contribution in [0.1, 0.15) is 32.3 Å². The van der Waals surface area contributed by atoms with Gasteiger partial charge in [0.25, 0.3) is 0 Å². The highest BCUT2D eigenvalue weighted by Gasteiger charge is 2.27. The molecular weight excluding hydrogens is 250 g/mol. The minimum atomic E-state index is 0.0844. The van der Waals surface area contributed by atoms with Crippen LogP contribution in [0.5, 0.6) is 5.75 Å². The van der Waals surface area contributed by atoms with E-state index in [9.17, 15) is 0 Å².